The lowest BCUT2D eigenvalue weighted by atomic mass is 10.0. The van der Waals surface area contributed by atoms with Crippen LogP contribution in [0.3, 0.4) is 0 Å². The highest BCUT2D eigenvalue weighted by Crippen LogP contribution is 2.11. The van der Waals surface area contributed by atoms with Crippen LogP contribution in [0.4, 0.5) is 0 Å². The largest absolute Gasteiger partial charge is 0.300 e. The Labute approximate surface area is 113 Å². The van der Waals surface area contributed by atoms with Gasteiger partial charge in [-0.25, -0.2) is 0 Å². The van der Waals surface area contributed by atoms with Crippen LogP contribution >= 0.6 is 0 Å². The number of Topliss-reactive ketones (excluding diaryl/α,β-unsaturated/α-hetero) is 2. The molecule has 0 atom stereocenters. The van der Waals surface area contributed by atoms with E-state index in [0.717, 1.165) is 6.42 Å². The Morgan fingerprint density at radius 3 is 1.67 bits per heavy atom. The predicted molar refractivity (Wildman–Crippen MR) is 76.8 cm³/mol. The number of ketones is 2. The molecule has 0 aliphatic heterocycles. The molecule has 0 unspecified atom stereocenters. The normalized spacial score (nSPS) is 10.6. The van der Waals surface area contributed by atoms with Crippen molar-refractivity contribution in [1.82, 2.24) is 0 Å². The summed E-state index contributed by atoms with van der Waals surface area (Å²) in [5.41, 5.74) is 0. The Morgan fingerprint density at radius 2 is 1.17 bits per heavy atom. The van der Waals surface area contributed by atoms with Crippen molar-refractivity contribution in [2.45, 2.75) is 90.9 Å². The molecule has 18 heavy (non-hydrogen) atoms. The Kier molecular flexibility index (Phi) is 12.3. The van der Waals surface area contributed by atoms with Gasteiger partial charge in [0.1, 0.15) is 11.6 Å². The molecule has 0 saturated carbocycles. The van der Waals surface area contributed by atoms with Gasteiger partial charge in [-0.2, -0.15) is 0 Å². The van der Waals surface area contributed by atoms with Crippen LogP contribution in [0.5, 0.6) is 0 Å². The van der Waals surface area contributed by atoms with E-state index in [1.165, 1.54) is 51.4 Å². The number of carbonyl (C=O) groups excluding carboxylic acids is 2. The van der Waals surface area contributed by atoms with E-state index in [0.29, 0.717) is 19.3 Å². The predicted octanol–water partition coefficient (Wildman–Crippen LogP) is 4.85. The topological polar surface area (TPSA) is 34.1 Å². The van der Waals surface area contributed by atoms with Gasteiger partial charge in [0, 0.05) is 19.3 Å². The molecule has 0 aromatic rings. The van der Waals surface area contributed by atoms with E-state index in [9.17, 15) is 9.59 Å². The summed E-state index contributed by atoms with van der Waals surface area (Å²) >= 11 is 0. The fraction of sp³-hybridized carbons (Fsp3) is 0.875. The summed E-state index contributed by atoms with van der Waals surface area (Å²) in [5, 5.41) is 0. The van der Waals surface area contributed by atoms with Crippen molar-refractivity contribution in [1.29, 1.82) is 0 Å². The first-order valence-corrected chi connectivity index (χ1v) is 7.68. The zero-order valence-electron chi connectivity index (χ0n) is 12.3. The number of rotatable bonds is 13. The summed E-state index contributed by atoms with van der Waals surface area (Å²) in [6, 6.07) is 0. The fourth-order valence-electron chi connectivity index (χ4n) is 2.07. The van der Waals surface area contributed by atoms with Crippen molar-refractivity contribution < 1.29 is 9.59 Å². The molecule has 106 valence electrons. The van der Waals surface area contributed by atoms with Gasteiger partial charge in [0.25, 0.3) is 0 Å². The number of carbonyl (C=O) groups is 2. The van der Waals surface area contributed by atoms with Crippen molar-refractivity contribution in [3.05, 3.63) is 0 Å². The third-order valence-corrected chi connectivity index (χ3v) is 3.32. The Hall–Kier alpha value is -0.660. The molecule has 2 nitrogen and oxygen atoms in total. The van der Waals surface area contributed by atoms with Gasteiger partial charge in [-0.1, -0.05) is 58.3 Å². The van der Waals surface area contributed by atoms with Gasteiger partial charge in [-0.05, 0) is 13.3 Å². The Bertz CT molecular complexity index is 221. The maximum absolute atomic E-state index is 11.4. The second-order valence-electron chi connectivity index (χ2n) is 5.32. The highest BCUT2D eigenvalue weighted by Gasteiger charge is 2.03. The summed E-state index contributed by atoms with van der Waals surface area (Å²) < 4.78 is 0. The van der Waals surface area contributed by atoms with Crippen LogP contribution in [-0.2, 0) is 9.59 Å². The average molecular weight is 254 g/mol. The molecule has 0 fully saturated rings. The van der Waals surface area contributed by atoms with Crippen LogP contribution in [0.1, 0.15) is 90.9 Å². The number of hydrogen-bond acceptors (Lipinski definition) is 2. The SMILES string of the molecule is CCCCCCCCCCCC(=O)CCC(C)=O. The zero-order valence-corrected chi connectivity index (χ0v) is 12.3. The van der Waals surface area contributed by atoms with Crippen LogP contribution in [0.2, 0.25) is 0 Å². The molecule has 0 aliphatic carbocycles. The third-order valence-electron chi connectivity index (χ3n) is 3.32. The second-order valence-corrected chi connectivity index (χ2v) is 5.32. The van der Waals surface area contributed by atoms with Gasteiger partial charge in [0.05, 0.1) is 0 Å². The molecule has 0 rings (SSSR count). The third kappa shape index (κ3) is 13.4. The lowest BCUT2D eigenvalue weighted by Gasteiger charge is -2.02. The Morgan fingerprint density at radius 1 is 0.667 bits per heavy atom. The maximum atomic E-state index is 11.4. The summed E-state index contributed by atoms with van der Waals surface area (Å²) in [4.78, 5) is 22.1. The van der Waals surface area contributed by atoms with E-state index in [1.807, 2.05) is 0 Å². The summed E-state index contributed by atoms with van der Waals surface area (Å²) in [6.07, 6.45) is 13.0. The first-order chi connectivity index (χ1) is 8.66. The second kappa shape index (κ2) is 12.8. The van der Waals surface area contributed by atoms with Crippen molar-refractivity contribution >= 4 is 11.6 Å². The van der Waals surface area contributed by atoms with Crippen LogP contribution < -0.4 is 0 Å². The first kappa shape index (κ1) is 17.3. The molecule has 0 heterocycles. The van der Waals surface area contributed by atoms with Crippen molar-refractivity contribution in [2.24, 2.45) is 0 Å². The van der Waals surface area contributed by atoms with Crippen LogP contribution in [-0.4, -0.2) is 11.6 Å². The number of hydrogen-bond donors (Lipinski definition) is 0. The summed E-state index contributed by atoms with van der Waals surface area (Å²) in [5.74, 6) is 0.378. The molecule has 0 radical (unpaired) electrons. The van der Waals surface area contributed by atoms with Gasteiger partial charge in [0.15, 0.2) is 0 Å². The zero-order chi connectivity index (χ0) is 13.6. The summed E-state index contributed by atoms with van der Waals surface area (Å²) in [7, 11) is 0. The monoisotopic (exact) mass is 254 g/mol. The number of unbranched alkanes of at least 4 members (excludes halogenated alkanes) is 8. The molecule has 0 spiro atoms. The van der Waals surface area contributed by atoms with E-state index in [4.69, 9.17) is 0 Å². The Balaban J connectivity index is 3.15. The van der Waals surface area contributed by atoms with Crippen LogP contribution in [0.25, 0.3) is 0 Å². The van der Waals surface area contributed by atoms with E-state index in [-0.39, 0.29) is 11.6 Å². The first-order valence-electron chi connectivity index (χ1n) is 7.68. The van der Waals surface area contributed by atoms with Crippen molar-refractivity contribution in [3.63, 3.8) is 0 Å². The lowest BCUT2D eigenvalue weighted by molar-refractivity contribution is -0.123. The molecule has 0 N–H and O–H groups in total. The smallest absolute Gasteiger partial charge is 0.133 e. The van der Waals surface area contributed by atoms with Gasteiger partial charge < -0.3 is 4.79 Å². The molecule has 2 heteroatoms. The van der Waals surface area contributed by atoms with Gasteiger partial charge in [0.2, 0.25) is 0 Å². The molecule has 0 saturated heterocycles. The quantitative estimate of drug-likeness (QED) is 0.440. The highest BCUT2D eigenvalue weighted by molar-refractivity contribution is 5.84. The van der Waals surface area contributed by atoms with Crippen molar-refractivity contribution in [2.75, 3.05) is 0 Å². The van der Waals surface area contributed by atoms with E-state index >= 15 is 0 Å². The molecular weight excluding hydrogens is 224 g/mol. The minimum absolute atomic E-state index is 0.121. The van der Waals surface area contributed by atoms with E-state index in [1.54, 1.807) is 6.92 Å². The molecular formula is C16H30O2. The molecule has 0 aromatic carbocycles. The molecule has 0 aliphatic rings. The highest BCUT2D eigenvalue weighted by atomic mass is 16.1. The minimum Gasteiger partial charge on any atom is -0.300 e. The van der Waals surface area contributed by atoms with E-state index < -0.39 is 0 Å². The lowest BCUT2D eigenvalue weighted by Crippen LogP contribution is -2.01. The summed E-state index contributed by atoms with van der Waals surface area (Å²) in [6.45, 7) is 3.79. The average Bonchev–Trinajstić information content (AvgIpc) is 2.34. The molecule has 0 amide bonds. The fourth-order valence-corrected chi connectivity index (χ4v) is 2.07. The van der Waals surface area contributed by atoms with E-state index in [2.05, 4.69) is 6.92 Å². The van der Waals surface area contributed by atoms with Crippen molar-refractivity contribution in [3.8, 4) is 0 Å². The van der Waals surface area contributed by atoms with Gasteiger partial charge >= 0.3 is 0 Å². The van der Waals surface area contributed by atoms with Crippen LogP contribution in [0, 0.1) is 0 Å². The van der Waals surface area contributed by atoms with Gasteiger partial charge in [-0.15, -0.1) is 0 Å². The van der Waals surface area contributed by atoms with Gasteiger partial charge in [-0.3, -0.25) is 4.79 Å². The maximum Gasteiger partial charge on any atom is 0.133 e. The molecule has 0 aromatic heterocycles. The van der Waals surface area contributed by atoms with Crippen LogP contribution in [0.15, 0.2) is 0 Å². The standard InChI is InChI=1S/C16H30O2/c1-3-4-5-6-7-8-9-10-11-12-16(18)14-13-15(2)17/h3-14H2,1-2H3. The minimum atomic E-state index is 0.121. The molecule has 0 bridgehead atoms.